The van der Waals surface area contributed by atoms with E-state index in [9.17, 15) is 9.59 Å². The number of anilines is 1. The minimum atomic E-state index is -1.31. The van der Waals surface area contributed by atoms with Crippen molar-refractivity contribution < 1.29 is 28.5 Å². The normalized spacial score (nSPS) is 19.3. The molecule has 0 aromatic carbocycles. The molecule has 2 bridgehead atoms. The maximum Gasteiger partial charge on any atom is 0.410 e. The Kier molecular flexibility index (Phi) is 12.6. The molecule has 0 radical (unpaired) electrons. The zero-order valence-corrected chi connectivity index (χ0v) is 36.2. The Balaban J connectivity index is 1.56. The van der Waals surface area contributed by atoms with Gasteiger partial charge in [-0.1, -0.05) is 45.3 Å². The fourth-order valence-corrected chi connectivity index (χ4v) is 9.12. The summed E-state index contributed by atoms with van der Waals surface area (Å²) in [6, 6.07) is 5.73. The van der Waals surface area contributed by atoms with Crippen LogP contribution in [0.3, 0.4) is 0 Å². The molecule has 0 N–H and O–H groups in total. The first-order valence-electron chi connectivity index (χ1n) is 18.4. The van der Waals surface area contributed by atoms with Gasteiger partial charge in [-0.3, -0.25) is 0 Å². The van der Waals surface area contributed by atoms with Gasteiger partial charge in [0.25, 0.3) is 0 Å². The van der Waals surface area contributed by atoms with E-state index in [1.165, 1.54) is 7.11 Å². The van der Waals surface area contributed by atoms with Gasteiger partial charge in [-0.2, -0.15) is 9.61 Å². The Labute approximate surface area is 319 Å². The predicted molar refractivity (Wildman–Crippen MR) is 213 cm³/mol. The third-order valence-electron chi connectivity index (χ3n) is 9.57. The maximum atomic E-state index is 13.3. The van der Waals surface area contributed by atoms with Gasteiger partial charge < -0.3 is 28.7 Å². The highest BCUT2D eigenvalue weighted by Crippen LogP contribution is 2.47. The molecular weight excluding hydrogens is 761 g/mol. The van der Waals surface area contributed by atoms with E-state index in [0.29, 0.717) is 32.3 Å². The number of pyridine rings is 1. The average Bonchev–Trinajstić information content (AvgIpc) is 3.59. The molecular formula is C37H57BrN6O6Si2. The Morgan fingerprint density at radius 3 is 2.04 bits per heavy atom. The van der Waals surface area contributed by atoms with Crippen molar-refractivity contribution in [2.75, 3.05) is 38.7 Å². The second kappa shape index (κ2) is 16.3. The summed E-state index contributed by atoms with van der Waals surface area (Å²) in [5.41, 5.74) is 2.81. The highest BCUT2D eigenvalue weighted by Gasteiger charge is 2.46. The number of rotatable bonds is 14. The van der Waals surface area contributed by atoms with Crippen molar-refractivity contribution in [3.8, 4) is 11.1 Å². The topological polar surface area (TPSA) is 121 Å². The molecule has 5 rings (SSSR count). The van der Waals surface area contributed by atoms with E-state index in [-0.39, 0.29) is 29.8 Å². The number of piperidine rings is 1. The lowest BCUT2D eigenvalue weighted by Crippen LogP contribution is -2.48. The Morgan fingerprint density at radius 1 is 0.942 bits per heavy atom. The van der Waals surface area contributed by atoms with Crippen molar-refractivity contribution >= 4 is 55.6 Å². The van der Waals surface area contributed by atoms with Crippen LogP contribution in [-0.2, 0) is 18.9 Å². The minimum absolute atomic E-state index is 0.0670. The lowest BCUT2D eigenvalue weighted by molar-refractivity contribution is 0.00564. The second-order valence-corrected chi connectivity index (χ2v) is 29.6. The molecule has 12 nitrogen and oxygen atoms in total. The monoisotopic (exact) mass is 816 g/mol. The fraction of sp³-hybridized carbons (Fsp3) is 0.649. The fourth-order valence-electron chi connectivity index (χ4n) is 6.78. The molecule has 3 aromatic heterocycles. The molecule has 1 unspecified atom stereocenters. The van der Waals surface area contributed by atoms with E-state index in [1.54, 1.807) is 18.5 Å². The zero-order valence-electron chi connectivity index (χ0n) is 32.6. The molecule has 2 fully saturated rings. The number of esters is 1. The SMILES string of the molecule is COC(=O)c1ccc(-c2cnn3c(N(COCC[Si](C)(C)C)COCC[Si](C)(C)C)c(Br)c(C4C[C@H]5CC[C@@H](C4)N5C(=O)OC(C)(C)C)nc23)cn1. The lowest BCUT2D eigenvalue weighted by Gasteiger charge is -2.39. The molecule has 2 aliphatic heterocycles. The molecule has 0 saturated carbocycles. The van der Waals surface area contributed by atoms with Gasteiger partial charge in [0.2, 0.25) is 0 Å². The summed E-state index contributed by atoms with van der Waals surface area (Å²) in [6.07, 6.45) is 6.63. The van der Waals surface area contributed by atoms with Crippen molar-refractivity contribution in [2.24, 2.45) is 0 Å². The number of ether oxygens (including phenoxy) is 4. The summed E-state index contributed by atoms with van der Waals surface area (Å²) < 4.78 is 26.1. The molecule has 2 aliphatic rings. The number of carbonyl (C=O) groups is 2. The van der Waals surface area contributed by atoms with E-state index in [0.717, 1.165) is 64.9 Å². The number of methoxy groups -OCH3 is 1. The van der Waals surface area contributed by atoms with Crippen LogP contribution in [0.5, 0.6) is 0 Å². The van der Waals surface area contributed by atoms with E-state index in [4.69, 9.17) is 29.0 Å². The molecule has 0 aliphatic carbocycles. The van der Waals surface area contributed by atoms with Crippen LogP contribution in [0.2, 0.25) is 51.4 Å². The van der Waals surface area contributed by atoms with Crippen LogP contribution in [0.4, 0.5) is 10.6 Å². The standard InChI is InChI=1S/C37H57BrN6O6Si2/c1-37(2,3)50-36(46)43-27-12-13-28(43)20-26(19-27)32-31(38)34(42(23-48-15-17-51(5,6)7)24-49-16-18-52(8,9)10)44-33(41-32)29(22-40-44)25-11-14-30(39-21-25)35(45)47-4/h11,14,21-22,26-28H,12-13,15-20,23-24H2,1-10H3/t26?,27-,28+. The van der Waals surface area contributed by atoms with Crippen LogP contribution in [0.1, 0.15) is 68.6 Å². The van der Waals surface area contributed by atoms with E-state index in [2.05, 4.69) is 65.1 Å². The van der Waals surface area contributed by atoms with Gasteiger partial charge >= 0.3 is 12.1 Å². The average molecular weight is 818 g/mol. The van der Waals surface area contributed by atoms with Crippen LogP contribution >= 0.6 is 15.9 Å². The van der Waals surface area contributed by atoms with Gasteiger partial charge in [0.1, 0.15) is 24.8 Å². The molecule has 1 amide bonds. The summed E-state index contributed by atoms with van der Waals surface area (Å²) in [6.45, 7) is 21.8. The van der Waals surface area contributed by atoms with Crippen molar-refractivity contribution in [1.29, 1.82) is 0 Å². The Bertz CT molecular complexity index is 1680. The van der Waals surface area contributed by atoms with Gasteiger partial charge in [-0.05, 0) is 80.5 Å². The molecule has 52 heavy (non-hydrogen) atoms. The van der Waals surface area contributed by atoms with Crippen LogP contribution < -0.4 is 4.90 Å². The second-order valence-electron chi connectivity index (χ2n) is 17.5. The first kappa shape index (κ1) is 40.3. The summed E-state index contributed by atoms with van der Waals surface area (Å²) in [4.78, 5) is 39.3. The number of nitrogens with zero attached hydrogens (tertiary/aromatic N) is 6. The van der Waals surface area contributed by atoms with Gasteiger partial charge in [0.05, 0.1) is 23.5 Å². The number of aromatic nitrogens is 4. The van der Waals surface area contributed by atoms with Crippen molar-refractivity contribution in [1.82, 2.24) is 24.5 Å². The molecule has 0 spiro atoms. The molecule has 3 atom stereocenters. The highest BCUT2D eigenvalue weighted by molar-refractivity contribution is 9.10. The largest absolute Gasteiger partial charge is 0.464 e. The zero-order chi connectivity index (χ0) is 38.0. The predicted octanol–water partition coefficient (Wildman–Crippen LogP) is 8.42. The Morgan fingerprint density at radius 2 is 1.54 bits per heavy atom. The molecule has 2 saturated heterocycles. The number of carbonyl (C=O) groups excluding carboxylic acids is 2. The first-order valence-corrected chi connectivity index (χ1v) is 26.6. The van der Waals surface area contributed by atoms with Gasteiger partial charge in [0.15, 0.2) is 11.5 Å². The molecule has 5 heterocycles. The number of halogens is 1. The first-order chi connectivity index (χ1) is 24.3. The van der Waals surface area contributed by atoms with Gasteiger partial charge in [0, 0.05) is 64.7 Å². The number of hydrogen-bond acceptors (Lipinski definition) is 10. The molecule has 3 aromatic rings. The summed E-state index contributed by atoms with van der Waals surface area (Å²) in [5.74, 6) is 0.386. The van der Waals surface area contributed by atoms with Gasteiger partial charge in [-0.15, -0.1) is 0 Å². The van der Waals surface area contributed by atoms with Crippen molar-refractivity contribution in [2.45, 2.75) is 121 Å². The van der Waals surface area contributed by atoms with E-state index >= 15 is 0 Å². The van der Waals surface area contributed by atoms with Crippen molar-refractivity contribution in [3.05, 3.63) is 40.4 Å². The summed E-state index contributed by atoms with van der Waals surface area (Å²) in [7, 11) is -1.28. The van der Waals surface area contributed by atoms with Crippen molar-refractivity contribution in [3.63, 3.8) is 0 Å². The van der Waals surface area contributed by atoms with Crippen LogP contribution in [0.15, 0.2) is 29.0 Å². The molecule has 286 valence electrons. The van der Waals surface area contributed by atoms with E-state index in [1.807, 2.05) is 36.3 Å². The summed E-state index contributed by atoms with van der Waals surface area (Å²) in [5, 5.41) is 4.88. The smallest absolute Gasteiger partial charge is 0.410 e. The van der Waals surface area contributed by atoms with Crippen LogP contribution in [-0.4, -0.2) is 104 Å². The van der Waals surface area contributed by atoms with Gasteiger partial charge in [-0.25, -0.2) is 19.6 Å². The third-order valence-corrected chi connectivity index (χ3v) is 13.7. The minimum Gasteiger partial charge on any atom is -0.464 e. The number of hydrogen-bond donors (Lipinski definition) is 0. The molecule has 15 heteroatoms. The Hall–Kier alpha value is -2.86. The number of fused-ring (bicyclic) bond motifs is 3. The highest BCUT2D eigenvalue weighted by atomic mass is 79.9. The number of amides is 1. The quantitative estimate of drug-likeness (QED) is 0.0679. The third kappa shape index (κ3) is 10.0. The van der Waals surface area contributed by atoms with Crippen LogP contribution in [0, 0.1) is 0 Å². The maximum absolute atomic E-state index is 13.3. The summed E-state index contributed by atoms with van der Waals surface area (Å²) >= 11 is 4.03. The lowest BCUT2D eigenvalue weighted by atomic mass is 9.88. The van der Waals surface area contributed by atoms with E-state index < -0.39 is 27.7 Å². The van der Waals surface area contributed by atoms with Crippen LogP contribution in [0.25, 0.3) is 16.8 Å².